The molecule has 4 aliphatic carbocycles. The second-order valence-electron chi connectivity index (χ2n) is 21.7. The summed E-state index contributed by atoms with van der Waals surface area (Å²) in [5.41, 5.74) is 6.67. The average Bonchev–Trinajstić information content (AvgIpc) is 4.38. The summed E-state index contributed by atoms with van der Waals surface area (Å²) < 4.78 is 23.4. The highest BCUT2D eigenvalue weighted by Gasteiger charge is 2.41. The molecule has 0 amide bonds. The summed E-state index contributed by atoms with van der Waals surface area (Å²) in [6.07, 6.45) is 28.9. The second kappa shape index (κ2) is 29.9. The molecule has 0 unspecified atom stereocenters. The van der Waals surface area contributed by atoms with Crippen molar-refractivity contribution in [2.24, 2.45) is 0 Å². The lowest BCUT2D eigenvalue weighted by Gasteiger charge is -2.37. The Morgan fingerprint density at radius 2 is 0.524 bits per heavy atom. The van der Waals surface area contributed by atoms with Gasteiger partial charge in [-0.05, 0) is 197 Å². The second-order valence-corrected chi connectivity index (χ2v) is 21.7. The standard InChI is InChI=1S/C21H22O2.C20H20O2.C17H20O2.C16H18O2/c1-2-17-11-13-18(14-12-17)20(22)23-21(15-7-4-8-16-21)19-9-5-3-6-10-19;1-2-16-10-12-17(13-11-16)19(21)22-20(14-6-7-15-20)18-8-4-3-5-9-18;1-3-14-8-10-15(11-9-14)16(18)19-17(4-2)12-6-5-7-13-17;1-3-13-7-9-14(10-8-13)15(17)18-16(4-2)11-5-6-12-16/h2-3,5-6,9-14H,1,4,7-8,15-16H2;2-5,8-13H,1,6-7,14-15H2;3-4,8-11H,1-2,5-7,12-13H2;3-4,7-10H,1-2,5-6,11-12H2. The number of benzene rings is 6. The van der Waals surface area contributed by atoms with Gasteiger partial charge >= 0.3 is 23.9 Å². The van der Waals surface area contributed by atoms with Crippen LogP contribution in [0.25, 0.3) is 24.3 Å². The molecule has 4 fully saturated rings. The highest BCUT2D eigenvalue weighted by Crippen LogP contribution is 2.44. The molecule has 0 radical (unpaired) electrons. The zero-order valence-electron chi connectivity index (χ0n) is 47.7. The molecule has 8 heteroatoms. The molecular formula is C74H80O8. The highest BCUT2D eigenvalue weighted by atomic mass is 16.6. The van der Waals surface area contributed by atoms with Crippen LogP contribution < -0.4 is 0 Å². The van der Waals surface area contributed by atoms with Crippen molar-refractivity contribution in [3.05, 3.63) is 265 Å². The van der Waals surface area contributed by atoms with Gasteiger partial charge in [0.1, 0.15) is 22.4 Å². The Morgan fingerprint density at radius 3 is 0.780 bits per heavy atom. The smallest absolute Gasteiger partial charge is 0.339 e. The number of carbonyl (C=O) groups excluding carboxylic acids is 4. The monoisotopic (exact) mass is 1100 g/mol. The summed E-state index contributed by atoms with van der Waals surface area (Å²) in [5.74, 6) is -1.03. The molecule has 8 nitrogen and oxygen atoms in total. The topological polar surface area (TPSA) is 105 Å². The number of rotatable bonds is 16. The molecule has 0 bridgehead atoms. The Bertz CT molecular complexity index is 3070. The summed E-state index contributed by atoms with van der Waals surface area (Å²) in [4.78, 5) is 49.4. The van der Waals surface area contributed by atoms with E-state index in [2.05, 4.69) is 63.7 Å². The van der Waals surface area contributed by atoms with Crippen molar-refractivity contribution in [1.29, 1.82) is 0 Å². The van der Waals surface area contributed by atoms with Gasteiger partial charge in [-0.15, -0.1) is 0 Å². The molecule has 0 aliphatic heterocycles. The van der Waals surface area contributed by atoms with E-state index in [1.807, 2.05) is 84.9 Å². The first-order valence-corrected chi connectivity index (χ1v) is 29.1. The maximum Gasteiger partial charge on any atom is 0.339 e. The van der Waals surface area contributed by atoms with E-state index in [1.54, 1.807) is 85.0 Å². The number of hydrogen-bond donors (Lipinski definition) is 0. The van der Waals surface area contributed by atoms with Crippen molar-refractivity contribution >= 4 is 48.2 Å². The van der Waals surface area contributed by atoms with Crippen LogP contribution in [-0.2, 0) is 30.1 Å². The number of carbonyl (C=O) groups is 4. The molecule has 0 spiro atoms. The van der Waals surface area contributed by atoms with Crippen molar-refractivity contribution < 1.29 is 38.1 Å². The van der Waals surface area contributed by atoms with Gasteiger partial charge in [0, 0.05) is 0 Å². The van der Waals surface area contributed by atoms with Gasteiger partial charge in [0.05, 0.1) is 22.3 Å². The van der Waals surface area contributed by atoms with E-state index in [0.717, 1.165) is 136 Å². The summed E-state index contributed by atoms with van der Waals surface area (Å²) in [5, 5.41) is 0. The van der Waals surface area contributed by atoms with Gasteiger partial charge < -0.3 is 18.9 Å². The predicted molar refractivity (Wildman–Crippen MR) is 333 cm³/mol. The lowest BCUT2D eigenvalue weighted by molar-refractivity contribution is -0.0417. The van der Waals surface area contributed by atoms with Crippen molar-refractivity contribution in [2.45, 2.75) is 138 Å². The first kappa shape index (κ1) is 61.3. The number of esters is 4. The van der Waals surface area contributed by atoms with E-state index >= 15 is 0 Å². The third-order valence-corrected chi connectivity index (χ3v) is 16.3. The van der Waals surface area contributed by atoms with Crippen LogP contribution in [0.1, 0.15) is 190 Å². The van der Waals surface area contributed by atoms with E-state index in [1.165, 1.54) is 12.8 Å². The van der Waals surface area contributed by atoms with Gasteiger partial charge in [0.2, 0.25) is 0 Å². The van der Waals surface area contributed by atoms with Crippen LogP contribution in [0.2, 0.25) is 0 Å². The van der Waals surface area contributed by atoms with E-state index in [-0.39, 0.29) is 23.9 Å². The summed E-state index contributed by atoms with van der Waals surface area (Å²) in [7, 11) is 0. The molecule has 0 saturated heterocycles. The minimum Gasteiger partial charge on any atom is -0.451 e. The van der Waals surface area contributed by atoms with Crippen molar-refractivity contribution in [1.82, 2.24) is 0 Å². The first-order valence-electron chi connectivity index (χ1n) is 29.1. The van der Waals surface area contributed by atoms with Gasteiger partial charge in [-0.25, -0.2) is 19.2 Å². The minimum atomic E-state index is -0.478. The van der Waals surface area contributed by atoms with Crippen molar-refractivity contribution in [3.63, 3.8) is 0 Å². The van der Waals surface area contributed by atoms with Gasteiger partial charge in [0.25, 0.3) is 0 Å². The number of hydrogen-bond acceptors (Lipinski definition) is 8. The normalized spacial score (nSPS) is 16.8. The van der Waals surface area contributed by atoms with Gasteiger partial charge in [-0.3, -0.25) is 0 Å². The summed E-state index contributed by atoms with van der Waals surface area (Å²) in [6.45, 7) is 22.5. The number of ether oxygens (including phenoxy) is 4. The van der Waals surface area contributed by atoms with E-state index < -0.39 is 22.4 Å². The van der Waals surface area contributed by atoms with Crippen LogP contribution in [0, 0.1) is 0 Å². The molecule has 0 atom stereocenters. The lowest BCUT2D eigenvalue weighted by atomic mass is 9.79. The molecule has 0 aromatic heterocycles. The maximum absolute atomic E-state index is 12.6. The third-order valence-electron chi connectivity index (χ3n) is 16.3. The molecule has 82 heavy (non-hydrogen) atoms. The summed E-state index contributed by atoms with van der Waals surface area (Å²) in [6, 6.07) is 49.6. The van der Waals surface area contributed by atoms with Crippen LogP contribution in [0.3, 0.4) is 0 Å². The SMILES string of the molecule is C=Cc1ccc(C(=O)OC2(C=C)CCCC2)cc1.C=Cc1ccc(C(=O)OC2(C=C)CCCCC2)cc1.C=Cc1ccc(C(=O)OC2(c3ccccc3)CCCC2)cc1.C=Cc1ccc(C(=O)OC2(c3ccccc3)CCCCC2)cc1. The molecule has 4 aliphatic rings. The van der Waals surface area contributed by atoms with E-state index in [4.69, 9.17) is 18.9 Å². The van der Waals surface area contributed by atoms with Gasteiger partial charge in [-0.2, -0.15) is 0 Å². The zero-order valence-corrected chi connectivity index (χ0v) is 47.7. The lowest BCUT2D eigenvalue weighted by Crippen LogP contribution is -2.35. The van der Waals surface area contributed by atoms with Gasteiger partial charge in [0.15, 0.2) is 0 Å². The quantitative estimate of drug-likeness (QED) is 0.0536. The minimum absolute atomic E-state index is 0.244. The molecule has 0 heterocycles. The maximum atomic E-state index is 12.6. The van der Waals surface area contributed by atoms with Gasteiger partial charge in [-0.1, -0.05) is 186 Å². The fourth-order valence-corrected chi connectivity index (χ4v) is 11.3. The third kappa shape index (κ3) is 16.4. The Labute approximate surface area is 487 Å². The highest BCUT2D eigenvalue weighted by molar-refractivity contribution is 5.92. The van der Waals surface area contributed by atoms with Crippen LogP contribution in [0.5, 0.6) is 0 Å². The van der Waals surface area contributed by atoms with Crippen LogP contribution in [-0.4, -0.2) is 35.1 Å². The average molecular weight is 1100 g/mol. The molecule has 0 N–H and O–H groups in total. The molecule has 4 saturated carbocycles. The molecular weight excluding hydrogens is 1020 g/mol. The fraction of sp³-hybridized carbons (Fsp3) is 0.297. The van der Waals surface area contributed by atoms with Crippen LogP contribution >= 0.6 is 0 Å². The zero-order chi connectivity index (χ0) is 58.3. The van der Waals surface area contributed by atoms with E-state index in [0.29, 0.717) is 22.3 Å². The summed E-state index contributed by atoms with van der Waals surface area (Å²) >= 11 is 0. The molecule has 6 aromatic rings. The molecule has 424 valence electrons. The van der Waals surface area contributed by atoms with Crippen molar-refractivity contribution in [3.8, 4) is 0 Å². The van der Waals surface area contributed by atoms with Crippen molar-refractivity contribution in [2.75, 3.05) is 0 Å². The Balaban J connectivity index is 0.000000158. The first-order chi connectivity index (χ1) is 39.8. The van der Waals surface area contributed by atoms with Crippen LogP contribution in [0.15, 0.2) is 209 Å². The fourth-order valence-electron chi connectivity index (χ4n) is 11.3. The Morgan fingerprint density at radius 1 is 0.293 bits per heavy atom. The molecule has 10 rings (SSSR count). The Hall–Kier alpha value is -8.36. The Kier molecular flexibility index (Phi) is 22.3. The van der Waals surface area contributed by atoms with E-state index in [9.17, 15) is 19.2 Å². The largest absolute Gasteiger partial charge is 0.451 e. The van der Waals surface area contributed by atoms with Crippen LogP contribution in [0.4, 0.5) is 0 Å². The predicted octanol–water partition coefficient (Wildman–Crippen LogP) is 18.7. The molecule has 6 aromatic carbocycles.